The number of rotatable bonds is 4. The van der Waals surface area contributed by atoms with Gasteiger partial charge in [0.1, 0.15) is 12.4 Å². The molecule has 0 saturated heterocycles. The average molecular weight is 310 g/mol. The number of halogens is 1. The molecule has 18 heavy (non-hydrogen) atoms. The summed E-state index contributed by atoms with van der Waals surface area (Å²) in [5.41, 5.74) is 5.59. The van der Waals surface area contributed by atoms with Gasteiger partial charge in [0.15, 0.2) is 0 Å². The Bertz CT molecular complexity index is 598. The van der Waals surface area contributed by atoms with E-state index in [-0.39, 0.29) is 5.56 Å². The van der Waals surface area contributed by atoms with Gasteiger partial charge >= 0.3 is 0 Å². The van der Waals surface area contributed by atoms with Crippen molar-refractivity contribution in [1.82, 2.24) is 9.78 Å². The third kappa shape index (κ3) is 3.33. The van der Waals surface area contributed by atoms with Gasteiger partial charge in [-0.05, 0) is 18.2 Å². The van der Waals surface area contributed by atoms with Gasteiger partial charge in [0, 0.05) is 10.5 Å². The Balaban J connectivity index is 1.94. The highest BCUT2D eigenvalue weighted by molar-refractivity contribution is 9.10. The highest BCUT2D eigenvalue weighted by Crippen LogP contribution is 2.17. The number of ether oxygens (including phenoxy) is 1. The standard InChI is InChI=1S/C12H12BrN3O2/c13-9-2-1-3-11(6-9)18-5-4-16-12(17)7-10(14)8-15-16/h1-3,6-8H,4-5,14H2. The first-order valence-electron chi connectivity index (χ1n) is 5.36. The number of anilines is 1. The molecular weight excluding hydrogens is 298 g/mol. The third-order valence-electron chi connectivity index (χ3n) is 2.26. The predicted molar refractivity (Wildman–Crippen MR) is 72.5 cm³/mol. The van der Waals surface area contributed by atoms with Crippen LogP contribution in [0.25, 0.3) is 0 Å². The molecule has 5 nitrogen and oxygen atoms in total. The molecule has 1 heterocycles. The van der Waals surface area contributed by atoms with Gasteiger partial charge in [0.2, 0.25) is 0 Å². The Labute approximate surface area is 112 Å². The quantitative estimate of drug-likeness (QED) is 0.932. The van der Waals surface area contributed by atoms with Crippen LogP contribution in [0, 0.1) is 0 Å². The van der Waals surface area contributed by atoms with Crippen molar-refractivity contribution in [3.05, 3.63) is 51.4 Å². The van der Waals surface area contributed by atoms with Crippen LogP contribution in [0.4, 0.5) is 5.69 Å². The topological polar surface area (TPSA) is 70.1 Å². The first-order chi connectivity index (χ1) is 8.65. The second-order valence-electron chi connectivity index (χ2n) is 3.66. The summed E-state index contributed by atoms with van der Waals surface area (Å²) < 4.78 is 7.78. The van der Waals surface area contributed by atoms with Crippen molar-refractivity contribution in [2.45, 2.75) is 6.54 Å². The van der Waals surface area contributed by atoms with Gasteiger partial charge < -0.3 is 10.5 Å². The van der Waals surface area contributed by atoms with Crippen molar-refractivity contribution in [3.63, 3.8) is 0 Å². The Hall–Kier alpha value is -1.82. The molecule has 0 bridgehead atoms. The van der Waals surface area contributed by atoms with E-state index in [9.17, 15) is 4.79 Å². The van der Waals surface area contributed by atoms with Crippen LogP contribution in [0.5, 0.6) is 5.75 Å². The molecule has 0 aliphatic carbocycles. The highest BCUT2D eigenvalue weighted by atomic mass is 79.9. The maximum Gasteiger partial charge on any atom is 0.268 e. The van der Waals surface area contributed by atoms with Crippen molar-refractivity contribution >= 4 is 21.6 Å². The van der Waals surface area contributed by atoms with Gasteiger partial charge in [-0.3, -0.25) is 4.79 Å². The van der Waals surface area contributed by atoms with Crippen molar-refractivity contribution in [3.8, 4) is 5.75 Å². The van der Waals surface area contributed by atoms with E-state index in [4.69, 9.17) is 10.5 Å². The minimum absolute atomic E-state index is 0.229. The summed E-state index contributed by atoms with van der Waals surface area (Å²) in [6, 6.07) is 8.85. The van der Waals surface area contributed by atoms with E-state index in [0.717, 1.165) is 10.2 Å². The zero-order valence-corrected chi connectivity index (χ0v) is 11.1. The molecule has 0 aliphatic heterocycles. The van der Waals surface area contributed by atoms with E-state index in [0.29, 0.717) is 18.8 Å². The van der Waals surface area contributed by atoms with E-state index in [2.05, 4.69) is 21.0 Å². The number of aromatic nitrogens is 2. The van der Waals surface area contributed by atoms with E-state index in [1.165, 1.54) is 16.9 Å². The molecule has 0 saturated carbocycles. The Morgan fingerprint density at radius 3 is 2.94 bits per heavy atom. The molecular formula is C12H12BrN3O2. The number of hydrogen-bond donors (Lipinski definition) is 1. The monoisotopic (exact) mass is 309 g/mol. The van der Waals surface area contributed by atoms with E-state index in [1.54, 1.807) is 0 Å². The molecule has 2 N–H and O–H groups in total. The van der Waals surface area contributed by atoms with Crippen molar-refractivity contribution < 1.29 is 4.74 Å². The Morgan fingerprint density at radius 1 is 1.39 bits per heavy atom. The van der Waals surface area contributed by atoms with Crippen molar-refractivity contribution in [1.29, 1.82) is 0 Å². The maximum absolute atomic E-state index is 11.5. The van der Waals surface area contributed by atoms with Crippen LogP contribution in [0.3, 0.4) is 0 Å². The van der Waals surface area contributed by atoms with Crippen LogP contribution in [0.2, 0.25) is 0 Å². The predicted octanol–water partition coefficient (Wildman–Crippen LogP) is 1.67. The maximum atomic E-state index is 11.5. The second-order valence-corrected chi connectivity index (χ2v) is 4.57. The zero-order chi connectivity index (χ0) is 13.0. The van der Waals surface area contributed by atoms with E-state index >= 15 is 0 Å². The molecule has 0 fully saturated rings. The van der Waals surface area contributed by atoms with Crippen LogP contribution in [0.15, 0.2) is 45.8 Å². The molecule has 6 heteroatoms. The van der Waals surface area contributed by atoms with E-state index < -0.39 is 0 Å². The number of hydrogen-bond acceptors (Lipinski definition) is 4. The fraction of sp³-hybridized carbons (Fsp3) is 0.167. The summed E-state index contributed by atoms with van der Waals surface area (Å²) in [5, 5.41) is 3.92. The SMILES string of the molecule is Nc1cnn(CCOc2cccc(Br)c2)c(=O)c1. The first-order valence-corrected chi connectivity index (χ1v) is 6.15. The van der Waals surface area contributed by atoms with E-state index in [1.807, 2.05) is 24.3 Å². The molecule has 0 atom stereocenters. The largest absolute Gasteiger partial charge is 0.492 e. The summed E-state index contributed by atoms with van der Waals surface area (Å²) in [4.78, 5) is 11.5. The summed E-state index contributed by atoms with van der Waals surface area (Å²) in [6.45, 7) is 0.749. The van der Waals surface area contributed by atoms with Gasteiger partial charge in [-0.15, -0.1) is 0 Å². The summed E-state index contributed by atoms with van der Waals surface area (Å²) in [7, 11) is 0. The normalized spacial score (nSPS) is 10.3. The molecule has 0 radical (unpaired) electrons. The minimum atomic E-state index is -0.229. The fourth-order valence-electron chi connectivity index (χ4n) is 1.42. The number of nitrogens with two attached hydrogens (primary N) is 1. The van der Waals surface area contributed by atoms with Crippen molar-refractivity contribution in [2.75, 3.05) is 12.3 Å². The van der Waals surface area contributed by atoms with Gasteiger partial charge in [-0.1, -0.05) is 22.0 Å². The van der Waals surface area contributed by atoms with Gasteiger partial charge in [0.25, 0.3) is 5.56 Å². The van der Waals surface area contributed by atoms with Gasteiger partial charge in [-0.2, -0.15) is 5.10 Å². The molecule has 1 aromatic carbocycles. The van der Waals surface area contributed by atoms with Gasteiger partial charge in [0.05, 0.1) is 18.4 Å². The molecule has 1 aromatic heterocycles. The smallest absolute Gasteiger partial charge is 0.268 e. The molecule has 94 valence electrons. The van der Waals surface area contributed by atoms with Crippen LogP contribution < -0.4 is 16.0 Å². The van der Waals surface area contributed by atoms with Crippen LogP contribution >= 0.6 is 15.9 Å². The average Bonchev–Trinajstić information content (AvgIpc) is 2.32. The molecule has 0 unspecified atom stereocenters. The zero-order valence-electron chi connectivity index (χ0n) is 9.54. The van der Waals surface area contributed by atoms with Crippen LogP contribution in [-0.4, -0.2) is 16.4 Å². The van der Waals surface area contributed by atoms with Gasteiger partial charge in [-0.25, -0.2) is 4.68 Å². The highest BCUT2D eigenvalue weighted by Gasteiger charge is 1.99. The number of benzene rings is 1. The molecule has 2 rings (SSSR count). The fourth-order valence-corrected chi connectivity index (χ4v) is 1.80. The number of nitrogen functional groups attached to an aromatic ring is 1. The lowest BCUT2D eigenvalue weighted by atomic mass is 10.3. The lowest BCUT2D eigenvalue weighted by Gasteiger charge is -2.07. The lowest BCUT2D eigenvalue weighted by Crippen LogP contribution is -2.25. The van der Waals surface area contributed by atoms with Crippen LogP contribution in [0.1, 0.15) is 0 Å². The third-order valence-corrected chi connectivity index (χ3v) is 2.75. The molecule has 2 aromatic rings. The minimum Gasteiger partial charge on any atom is -0.492 e. The molecule has 0 amide bonds. The summed E-state index contributed by atoms with van der Waals surface area (Å²) >= 11 is 3.36. The Kier molecular flexibility index (Phi) is 3.99. The molecule has 0 aliphatic rings. The van der Waals surface area contributed by atoms with Crippen LogP contribution in [-0.2, 0) is 6.54 Å². The number of nitrogens with zero attached hydrogens (tertiary/aromatic N) is 2. The second kappa shape index (κ2) is 5.68. The lowest BCUT2D eigenvalue weighted by molar-refractivity contribution is 0.287. The summed E-state index contributed by atoms with van der Waals surface area (Å²) in [6.07, 6.45) is 1.44. The Morgan fingerprint density at radius 2 is 2.22 bits per heavy atom. The van der Waals surface area contributed by atoms with Crippen molar-refractivity contribution in [2.24, 2.45) is 0 Å². The molecule has 0 spiro atoms. The summed E-state index contributed by atoms with van der Waals surface area (Å²) in [5.74, 6) is 0.743. The first kappa shape index (κ1) is 12.6.